The number of hydrogen-bond acceptors (Lipinski definition) is 4. The van der Waals surface area contributed by atoms with E-state index in [4.69, 9.17) is 5.73 Å². The second kappa shape index (κ2) is 6.04. The van der Waals surface area contributed by atoms with Crippen LogP contribution in [0.2, 0.25) is 0 Å². The van der Waals surface area contributed by atoms with Gasteiger partial charge in [0.25, 0.3) is 0 Å². The van der Waals surface area contributed by atoms with Gasteiger partial charge in [-0.25, -0.2) is 4.39 Å². The van der Waals surface area contributed by atoms with Crippen molar-refractivity contribution in [2.75, 3.05) is 11.9 Å². The van der Waals surface area contributed by atoms with Crippen LogP contribution in [-0.4, -0.2) is 27.9 Å². The Morgan fingerprint density at radius 2 is 1.86 bits per heavy atom. The van der Waals surface area contributed by atoms with Crippen LogP contribution in [-0.2, 0) is 7.05 Å². The molecular formula is C16H22FN5. The number of hydrogen-bond donors (Lipinski definition) is 1. The Balaban J connectivity index is 1.87. The molecule has 1 saturated carbocycles. The third kappa shape index (κ3) is 2.70. The van der Waals surface area contributed by atoms with E-state index in [1.165, 1.54) is 25.0 Å². The SMILES string of the molecule is CN(c1ccc(F)cc1)c1nnc(C2CCCCC2N)n1C. The Labute approximate surface area is 129 Å². The number of halogens is 1. The third-order valence-electron chi connectivity index (χ3n) is 4.55. The summed E-state index contributed by atoms with van der Waals surface area (Å²) in [6.45, 7) is 0. The van der Waals surface area contributed by atoms with Gasteiger partial charge in [0.1, 0.15) is 11.6 Å². The molecule has 0 saturated heterocycles. The number of nitrogens with zero attached hydrogens (tertiary/aromatic N) is 4. The summed E-state index contributed by atoms with van der Waals surface area (Å²) in [6.07, 6.45) is 4.49. The smallest absolute Gasteiger partial charge is 0.231 e. The fourth-order valence-electron chi connectivity index (χ4n) is 3.21. The van der Waals surface area contributed by atoms with Gasteiger partial charge in [0.2, 0.25) is 5.95 Å². The van der Waals surface area contributed by atoms with Crippen LogP contribution in [0.1, 0.15) is 37.4 Å². The van der Waals surface area contributed by atoms with Gasteiger partial charge in [-0.15, -0.1) is 10.2 Å². The summed E-state index contributed by atoms with van der Waals surface area (Å²) in [5, 5.41) is 8.68. The molecule has 0 amide bonds. The summed E-state index contributed by atoms with van der Waals surface area (Å²) < 4.78 is 15.1. The quantitative estimate of drug-likeness (QED) is 0.947. The zero-order valence-corrected chi connectivity index (χ0v) is 13.0. The largest absolute Gasteiger partial charge is 0.327 e. The summed E-state index contributed by atoms with van der Waals surface area (Å²) in [5.41, 5.74) is 7.13. The van der Waals surface area contributed by atoms with Crippen molar-refractivity contribution >= 4 is 11.6 Å². The van der Waals surface area contributed by atoms with E-state index in [-0.39, 0.29) is 17.8 Å². The molecule has 22 heavy (non-hydrogen) atoms. The van der Waals surface area contributed by atoms with E-state index in [1.807, 2.05) is 23.6 Å². The topological polar surface area (TPSA) is 60.0 Å². The Bertz CT molecular complexity index is 636. The number of aromatic nitrogens is 3. The lowest BCUT2D eigenvalue weighted by molar-refractivity contribution is 0.367. The van der Waals surface area contributed by atoms with Crippen molar-refractivity contribution in [1.82, 2.24) is 14.8 Å². The van der Waals surface area contributed by atoms with Gasteiger partial charge in [0.05, 0.1) is 0 Å². The van der Waals surface area contributed by atoms with Crippen molar-refractivity contribution < 1.29 is 4.39 Å². The predicted molar refractivity (Wildman–Crippen MR) is 84.7 cm³/mol. The lowest BCUT2D eigenvalue weighted by atomic mass is 9.84. The molecule has 2 N–H and O–H groups in total. The highest BCUT2D eigenvalue weighted by Crippen LogP contribution is 2.32. The van der Waals surface area contributed by atoms with Crippen molar-refractivity contribution in [2.24, 2.45) is 12.8 Å². The molecule has 0 spiro atoms. The number of nitrogens with two attached hydrogens (primary N) is 1. The molecule has 1 aliphatic rings. The van der Waals surface area contributed by atoms with Crippen molar-refractivity contribution in [2.45, 2.75) is 37.6 Å². The first kappa shape index (κ1) is 15.0. The summed E-state index contributed by atoms with van der Waals surface area (Å²) in [6, 6.07) is 6.51. The molecular weight excluding hydrogens is 281 g/mol. The molecule has 2 atom stereocenters. The van der Waals surface area contributed by atoms with E-state index in [1.54, 1.807) is 12.1 Å². The highest BCUT2D eigenvalue weighted by molar-refractivity contribution is 5.56. The fourth-order valence-corrected chi connectivity index (χ4v) is 3.21. The number of rotatable bonds is 3. The first-order chi connectivity index (χ1) is 10.6. The minimum Gasteiger partial charge on any atom is -0.327 e. The van der Waals surface area contributed by atoms with Crippen LogP contribution in [0.25, 0.3) is 0 Å². The monoisotopic (exact) mass is 303 g/mol. The zero-order valence-electron chi connectivity index (χ0n) is 13.0. The minimum atomic E-state index is -0.246. The van der Waals surface area contributed by atoms with Gasteiger partial charge in [-0.3, -0.25) is 4.57 Å². The van der Waals surface area contributed by atoms with E-state index >= 15 is 0 Å². The molecule has 1 heterocycles. The van der Waals surface area contributed by atoms with Crippen molar-refractivity contribution in [1.29, 1.82) is 0 Å². The van der Waals surface area contributed by atoms with Gasteiger partial charge in [-0.05, 0) is 37.1 Å². The van der Waals surface area contributed by atoms with Crippen molar-refractivity contribution in [3.05, 3.63) is 35.9 Å². The number of benzene rings is 1. The molecule has 2 unspecified atom stereocenters. The highest BCUT2D eigenvalue weighted by Gasteiger charge is 2.28. The second-order valence-corrected chi connectivity index (χ2v) is 6.01. The van der Waals surface area contributed by atoms with E-state index in [9.17, 15) is 4.39 Å². The van der Waals surface area contributed by atoms with Crippen LogP contribution in [0.4, 0.5) is 16.0 Å². The molecule has 0 aliphatic heterocycles. The van der Waals surface area contributed by atoms with E-state index in [0.29, 0.717) is 0 Å². The number of anilines is 2. The Hall–Kier alpha value is -1.95. The third-order valence-corrected chi connectivity index (χ3v) is 4.55. The van der Waals surface area contributed by atoms with E-state index < -0.39 is 0 Å². The average molecular weight is 303 g/mol. The van der Waals surface area contributed by atoms with E-state index in [0.717, 1.165) is 30.3 Å². The minimum absolute atomic E-state index is 0.153. The van der Waals surface area contributed by atoms with Crippen LogP contribution in [0.15, 0.2) is 24.3 Å². The first-order valence-electron chi connectivity index (χ1n) is 7.72. The Kier molecular flexibility index (Phi) is 4.11. The first-order valence-corrected chi connectivity index (χ1v) is 7.72. The van der Waals surface area contributed by atoms with Crippen molar-refractivity contribution in [3.63, 3.8) is 0 Å². The van der Waals surface area contributed by atoms with Gasteiger partial charge in [-0.2, -0.15) is 0 Å². The van der Waals surface area contributed by atoms with Gasteiger partial charge in [0.15, 0.2) is 0 Å². The van der Waals surface area contributed by atoms with Gasteiger partial charge in [-0.1, -0.05) is 12.8 Å². The van der Waals surface area contributed by atoms with Crippen LogP contribution in [0, 0.1) is 5.82 Å². The average Bonchev–Trinajstić information content (AvgIpc) is 2.89. The predicted octanol–water partition coefficient (Wildman–Crippen LogP) is 2.71. The van der Waals surface area contributed by atoms with E-state index in [2.05, 4.69) is 10.2 Å². The fraction of sp³-hybridized carbons (Fsp3) is 0.500. The summed E-state index contributed by atoms with van der Waals surface area (Å²) in [7, 11) is 3.87. The van der Waals surface area contributed by atoms with Crippen LogP contribution in [0.3, 0.4) is 0 Å². The molecule has 1 fully saturated rings. The molecule has 5 nitrogen and oxygen atoms in total. The second-order valence-electron chi connectivity index (χ2n) is 6.01. The molecule has 1 aromatic carbocycles. The van der Waals surface area contributed by atoms with Gasteiger partial charge >= 0.3 is 0 Å². The molecule has 0 bridgehead atoms. The van der Waals surface area contributed by atoms with Crippen LogP contribution in [0.5, 0.6) is 0 Å². The zero-order chi connectivity index (χ0) is 15.7. The lowest BCUT2D eigenvalue weighted by Crippen LogP contribution is -2.33. The molecule has 1 aromatic heterocycles. The summed E-state index contributed by atoms with van der Waals surface area (Å²) in [4.78, 5) is 1.91. The van der Waals surface area contributed by atoms with Crippen molar-refractivity contribution in [3.8, 4) is 0 Å². The van der Waals surface area contributed by atoms with Gasteiger partial charge in [0, 0.05) is 31.7 Å². The maximum absolute atomic E-state index is 13.1. The van der Waals surface area contributed by atoms with Crippen LogP contribution < -0.4 is 10.6 Å². The molecule has 118 valence electrons. The molecule has 2 aromatic rings. The maximum atomic E-state index is 13.1. The van der Waals surface area contributed by atoms with Gasteiger partial charge < -0.3 is 10.6 Å². The molecule has 3 rings (SSSR count). The Morgan fingerprint density at radius 3 is 2.55 bits per heavy atom. The summed E-state index contributed by atoms with van der Waals surface area (Å²) >= 11 is 0. The molecule has 0 radical (unpaired) electrons. The maximum Gasteiger partial charge on any atom is 0.231 e. The Morgan fingerprint density at radius 1 is 1.18 bits per heavy atom. The standard InChI is InChI=1S/C16H22FN5/c1-21(12-9-7-11(17)8-10-12)16-20-19-15(22(16)2)13-5-3-4-6-14(13)18/h7-10,13-14H,3-6,18H2,1-2H3. The molecule has 6 heteroatoms. The normalized spacial score (nSPS) is 21.8. The highest BCUT2D eigenvalue weighted by atomic mass is 19.1. The van der Waals surface area contributed by atoms with Crippen LogP contribution >= 0.6 is 0 Å². The lowest BCUT2D eigenvalue weighted by Gasteiger charge is -2.28. The molecule has 1 aliphatic carbocycles. The summed E-state index contributed by atoms with van der Waals surface area (Å²) in [5.74, 6) is 1.70.